The normalized spacial score (nSPS) is 10.0. The lowest BCUT2D eigenvalue weighted by Crippen LogP contribution is -2.08. The Hall–Kier alpha value is -2.55. The first-order valence-electron chi connectivity index (χ1n) is 6.47. The fourth-order valence-electron chi connectivity index (χ4n) is 1.56. The van der Waals surface area contributed by atoms with Crippen LogP contribution in [0.3, 0.4) is 0 Å². The second kappa shape index (κ2) is 7.14. The topological polar surface area (TPSA) is 73.0 Å². The van der Waals surface area contributed by atoms with Crippen LogP contribution in [0.4, 0.5) is 0 Å². The maximum atomic E-state index is 8.61. The molecule has 0 aliphatic carbocycles. The molecule has 0 spiro atoms. The molecule has 2 aromatic rings. The molecule has 1 heterocycles. The third-order valence-electron chi connectivity index (χ3n) is 2.52. The van der Waals surface area contributed by atoms with Gasteiger partial charge in [0.05, 0.1) is 13.2 Å². The minimum absolute atomic E-state index is 0.169. The van der Waals surface area contributed by atoms with Crippen molar-refractivity contribution in [1.82, 2.24) is 14.8 Å². The fraction of sp³-hybridized carbons (Fsp3) is 0.357. The lowest BCUT2D eigenvalue weighted by atomic mass is 10.3. The van der Waals surface area contributed by atoms with Crippen LogP contribution in [0.1, 0.15) is 19.2 Å². The molecule has 0 unspecified atom stereocenters. The van der Waals surface area contributed by atoms with Crippen molar-refractivity contribution in [2.45, 2.75) is 19.9 Å². The summed E-state index contributed by atoms with van der Waals surface area (Å²) in [5.41, 5.74) is 0. The zero-order valence-electron chi connectivity index (χ0n) is 11.3. The molecular formula is C14H16N4O2. The zero-order valence-corrected chi connectivity index (χ0v) is 11.3. The summed E-state index contributed by atoms with van der Waals surface area (Å²) in [6, 6.07) is 9.38. The van der Waals surface area contributed by atoms with E-state index in [0.717, 1.165) is 17.9 Å². The van der Waals surface area contributed by atoms with Crippen molar-refractivity contribution in [2.24, 2.45) is 0 Å². The van der Waals surface area contributed by atoms with Gasteiger partial charge in [-0.1, -0.05) is 6.92 Å². The number of hydrogen-bond acceptors (Lipinski definition) is 5. The third-order valence-corrected chi connectivity index (χ3v) is 2.52. The molecule has 0 N–H and O–H groups in total. The summed E-state index contributed by atoms with van der Waals surface area (Å²) in [7, 11) is 0. The molecule has 0 aliphatic heterocycles. The zero-order chi connectivity index (χ0) is 14.2. The van der Waals surface area contributed by atoms with Crippen LogP contribution in [0.15, 0.2) is 30.6 Å². The Morgan fingerprint density at radius 1 is 1.15 bits per heavy atom. The number of benzene rings is 1. The van der Waals surface area contributed by atoms with Crippen LogP contribution in [-0.2, 0) is 6.54 Å². The number of ether oxygens (including phenoxy) is 2. The number of nitriles is 1. The predicted molar refractivity (Wildman–Crippen MR) is 72.5 cm³/mol. The van der Waals surface area contributed by atoms with E-state index >= 15 is 0 Å². The quantitative estimate of drug-likeness (QED) is 0.771. The molecule has 2 rings (SSSR count). The van der Waals surface area contributed by atoms with Gasteiger partial charge in [-0.05, 0) is 30.7 Å². The van der Waals surface area contributed by atoms with E-state index in [4.69, 9.17) is 14.7 Å². The van der Waals surface area contributed by atoms with Crippen LogP contribution in [0.25, 0.3) is 0 Å². The molecule has 0 aliphatic rings. The van der Waals surface area contributed by atoms with E-state index in [1.54, 1.807) is 4.68 Å². The molecule has 20 heavy (non-hydrogen) atoms. The summed E-state index contributed by atoms with van der Waals surface area (Å²) in [4.78, 5) is 3.82. The van der Waals surface area contributed by atoms with Gasteiger partial charge in [0.2, 0.25) is 0 Å². The predicted octanol–water partition coefficient (Wildman–Crippen LogP) is 2.02. The van der Waals surface area contributed by atoms with Crippen molar-refractivity contribution in [3.05, 3.63) is 36.4 Å². The summed E-state index contributed by atoms with van der Waals surface area (Å²) in [6.07, 6.45) is 2.50. The van der Waals surface area contributed by atoms with Gasteiger partial charge in [-0.2, -0.15) is 5.26 Å². The monoisotopic (exact) mass is 272 g/mol. The van der Waals surface area contributed by atoms with Gasteiger partial charge < -0.3 is 9.47 Å². The highest BCUT2D eigenvalue weighted by molar-refractivity contribution is 5.31. The lowest BCUT2D eigenvalue weighted by molar-refractivity contribution is 0.289. The van der Waals surface area contributed by atoms with E-state index in [-0.39, 0.29) is 5.82 Å². The van der Waals surface area contributed by atoms with Crippen LogP contribution in [0.2, 0.25) is 0 Å². The van der Waals surface area contributed by atoms with Crippen LogP contribution in [-0.4, -0.2) is 28.0 Å². The molecule has 0 radical (unpaired) electrons. The summed E-state index contributed by atoms with van der Waals surface area (Å²) >= 11 is 0. The van der Waals surface area contributed by atoms with E-state index in [9.17, 15) is 0 Å². The third kappa shape index (κ3) is 3.99. The van der Waals surface area contributed by atoms with Crippen molar-refractivity contribution in [3.8, 4) is 17.6 Å². The summed E-state index contributed by atoms with van der Waals surface area (Å²) in [5.74, 6) is 1.78. The molecule has 0 bridgehead atoms. The Morgan fingerprint density at radius 2 is 1.80 bits per heavy atom. The highest BCUT2D eigenvalue weighted by Gasteiger charge is 2.00. The van der Waals surface area contributed by atoms with Crippen molar-refractivity contribution in [2.75, 3.05) is 13.2 Å². The number of rotatable bonds is 7. The molecule has 0 fully saturated rings. The van der Waals surface area contributed by atoms with Crippen molar-refractivity contribution in [3.63, 3.8) is 0 Å². The Morgan fingerprint density at radius 3 is 2.35 bits per heavy atom. The summed E-state index contributed by atoms with van der Waals surface area (Å²) in [5, 5.41) is 12.6. The molecular weight excluding hydrogens is 256 g/mol. The number of aromatic nitrogens is 3. The fourth-order valence-corrected chi connectivity index (χ4v) is 1.56. The highest BCUT2D eigenvalue weighted by Crippen LogP contribution is 2.17. The Bertz CT molecular complexity index is 572. The largest absolute Gasteiger partial charge is 0.494 e. The van der Waals surface area contributed by atoms with Crippen LogP contribution >= 0.6 is 0 Å². The molecule has 1 aromatic heterocycles. The Kier molecular flexibility index (Phi) is 4.95. The van der Waals surface area contributed by atoms with Gasteiger partial charge in [0, 0.05) is 0 Å². The Labute approximate surface area is 117 Å². The molecule has 0 atom stereocenters. The standard InChI is InChI=1S/C14H16N4O2/c1-2-8-19-12-3-5-13(6-4-12)20-9-7-18-11-16-14(10-15)17-18/h3-6,11H,2,7-9H2,1H3. The molecule has 6 heteroatoms. The van der Waals surface area contributed by atoms with Gasteiger partial charge >= 0.3 is 0 Å². The van der Waals surface area contributed by atoms with Crippen molar-refractivity contribution >= 4 is 0 Å². The maximum absolute atomic E-state index is 8.61. The van der Waals surface area contributed by atoms with E-state index in [2.05, 4.69) is 17.0 Å². The van der Waals surface area contributed by atoms with Gasteiger partial charge in [0.25, 0.3) is 5.82 Å². The van der Waals surface area contributed by atoms with Gasteiger partial charge in [-0.15, -0.1) is 5.10 Å². The molecule has 6 nitrogen and oxygen atoms in total. The van der Waals surface area contributed by atoms with Gasteiger partial charge in [-0.3, -0.25) is 0 Å². The average molecular weight is 272 g/mol. The first-order valence-corrected chi connectivity index (χ1v) is 6.47. The van der Waals surface area contributed by atoms with E-state index in [1.807, 2.05) is 30.3 Å². The molecule has 1 aromatic carbocycles. The average Bonchev–Trinajstić information content (AvgIpc) is 2.94. The number of nitrogens with zero attached hydrogens (tertiary/aromatic N) is 4. The second-order valence-electron chi connectivity index (χ2n) is 4.11. The molecule has 104 valence electrons. The van der Waals surface area contributed by atoms with Gasteiger partial charge in [-0.25, -0.2) is 9.67 Å². The van der Waals surface area contributed by atoms with Crippen molar-refractivity contribution < 1.29 is 9.47 Å². The molecule has 0 saturated carbocycles. The SMILES string of the molecule is CCCOc1ccc(OCCn2cnc(C#N)n2)cc1. The van der Waals surface area contributed by atoms with Crippen molar-refractivity contribution in [1.29, 1.82) is 5.26 Å². The smallest absolute Gasteiger partial charge is 0.252 e. The highest BCUT2D eigenvalue weighted by atomic mass is 16.5. The minimum atomic E-state index is 0.169. The van der Waals surface area contributed by atoms with E-state index < -0.39 is 0 Å². The maximum Gasteiger partial charge on any atom is 0.252 e. The van der Waals surface area contributed by atoms with Crippen LogP contribution in [0, 0.1) is 11.3 Å². The van der Waals surface area contributed by atoms with E-state index in [1.165, 1.54) is 6.33 Å². The first kappa shape index (κ1) is 13.9. The van der Waals surface area contributed by atoms with Crippen LogP contribution in [0.5, 0.6) is 11.5 Å². The van der Waals surface area contributed by atoms with Gasteiger partial charge in [0.15, 0.2) is 0 Å². The Balaban J connectivity index is 1.77. The van der Waals surface area contributed by atoms with Gasteiger partial charge in [0.1, 0.15) is 30.5 Å². The minimum Gasteiger partial charge on any atom is -0.494 e. The van der Waals surface area contributed by atoms with E-state index in [0.29, 0.717) is 19.8 Å². The number of hydrogen-bond donors (Lipinski definition) is 0. The summed E-state index contributed by atoms with van der Waals surface area (Å²) < 4.78 is 12.7. The molecule has 0 amide bonds. The summed E-state index contributed by atoms with van der Waals surface area (Å²) in [6.45, 7) is 3.79. The second-order valence-corrected chi connectivity index (χ2v) is 4.11. The lowest BCUT2D eigenvalue weighted by Gasteiger charge is -2.08. The first-order chi connectivity index (χ1) is 9.81. The molecule has 0 saturated heterocycles. The van der Waals surface area contributed by atoms with Crippen LogP contribution < -0.4 is 9.47 Å².